The third kappa shape index (κ3) is 1.73. The Hall–Kier alpha value is -0.680. The van der Waals surface area contributed by atoms with Gasteiger partial charge in [0.1, 0.15) is 10.7 Å². The normalized spacial score (nSPS) is 17.1. The van der Waals surface area contributed by atoms with E-state index in [0.29, 0.717) is 5.88 Å². The van der Waals surface area contributed by atoms with Crippen LogP contribution in [0.15, 0.2) is 17.0 Å². The van der Waals surface area contributed by atoms with Gasteiger partial charge < -0.3 is 10.1 Å². The van der Waals surface area contributed by atoms with Crippen LogP contribution < -0.4 is 10.1 Å². The van der Waals surface area contributed by atoms with Gasteiger partial charge in [0.15, 0.2) is 0 Å². The van der Waals surface area contributed by atoms with E-state index in [1.807, 2.05) is 0 Å². The van der Waals surface area contributed by atoms with E-state index in [9.17, 15) is 0 Å². The fraction of sp³-hybridized carbons (Fsp3) is 0.429. The summed E-state index contributed by atoms with van der Waals surface area (Å²) >= 11 is 3.20. The Morgan fingerprint density at radius 1 is 1.42 bits per heavy atom. The highest BCUT2D eigenvalue weighted by Gasteiger charge is 2.18. The molecule has 1 aliphatic heterocycles. The Bertz CT molecular complexity index is 260. The first-order chi connectivity index (χ1) is 5.84. The van der Waals surface area contributed by atoms with E-state index in [-0.39, 0.29) is 6.10 Å². The maximum Gasteiger partial charge on any atom is 0.232 e. The van der Waals surface area contributed by atoms with E-state index in [4.69, 9.17) is 4.74 Å². The average Bonchev–Trinajstić information content (AvgIpc) is 2.00. The first kappa shape index (κ1) is 7.94. The monoisotopic (exact) mass is 229 g/mol. The Morgan fingerprint density at radius 2 is 2.25 bits per heavy atom. The Balaban J connectivity index is 1.98. The van der Waals surface area contributed by atoms with E-state index in [1.165, 1.54) is 0 Å². The van der Waals surface area contributed by atoms with Crippen molar-refractivity contribution in [2.75, 3.05) is 13.1 Å². The van der Waals surface area contributed by atoms with E-state index in [2.05, 4.69) is 31.2 Å². The van der Waals surface area contributed by atoms with Crippen molar-refractivity contribution in [2.24, 2.45) is 0 Å². The van der Waals surface area contributed by atoms with Crippen LogP contribution in [0.25, 0.3) is 0 Å². The van der Waals surface area contributed by atoms with Gasteiger partial charge in [0, 0.05) is 13.1 Å². The molecule has 5 heteroatoms. The molecule has 1 aromatic rings. The van der Waals surface area contributed by atoms with Crippen molar-refractivity contribution in [3.63, 3.8) is 0 Å². The third-order valence-corrected chi connectivity index (χ3v) is 2.04. The second-order valence-corrected chi connectivity index (χ2v) is 3.39. The predicted molar refractivity (Wildman–Crippen MR) is 47.0 cm³/mol. The molecule has 12 heavy (non-hydrogen) atoms. The van der Waals surface area contributed by atoms with Gasteiger partial charge >= 0.3 is 0 Å². The van der Waals surface area contributed by atoms with Crippen LogP contribution in [0.3, 0.4) is 0 Å². The van der Waals surface area contributed by atoms with Crippen LogP contribution in [0, 0.1) is 0 Å². The minimum absolute atomic E-state index is 0.264. The van der Waals surface area contributed by atoms with Gasteiger partial charge in [-0.2, -0.15) is 0 Å². The van der Waals surface area contributed by atoms with Crippen molar-refractivity contribution in [1.82, 2.24) is 15.3 Å². The average molecular weight is 230 g/mol. The highest BCUT2D eigenvalue weighted by Crippen LogP contribution is 2.11. The summed E-state index contributed by atoms with van der Waals surface area (Å²) in [6.45, 7) is 1.80. The molecule has 0 unspecified atom stereocenters. The molecule has 1 N–H and O–H groups in total. The number of hydrogen-bond acceptors (Lipinski definition) is 4. The molecule has 2 rings (SSSR count). The van der Waals surface area contributed by atoms with Gasteiger partial charge in [0.25, 0.3) is 0 Å². The zero-order valence-electron chi connectivity index (χ0n) is 6.33. The summed E-state index contributed by atoms with van der Waals surface area (Å²) in [6.07, 6.45) is 3.50. The standard InChI is InChI=1S/C7H8BrN3O/c8-6-3-11-7(4-10-6)12-5-1-9-2-5/h3-5,9H,1-2H2. The van der Waals surface area contributed by atoms with Gasteiger partial charge in [0.2, 0.25) is 5.88 Å². The van der Waals surface area contributed by atoms with Crippen molar-refractivity contribution in [3.05, 3.63) is 17.0 Å². The van der Waals surface area contributed by atoms with Gasteiger partial charge in [-0.25, -0.2) is 9.97 Å². The maximum absolute atomic E-state index is 5.45. The lowest BCUT2D eigenvalue weighted by Gasteiger charge is -2.26. The topological polar surface area (TPSA) is 47.0 Å². The van der Waals surface area contributed by atoms with E-state index in [0.717, 1.165) is 17.7 Å². The lowest BCUT2D eigenvalue weighted by atomic mass is 10.2. The number of rotatable bonds is 2. The van der Waals surface area contributed by atoms with Crippen LogP contribution >= 0.6 is 15.9 Å². The molecule has 1 fully saturated rings. The minimum atomic E-state index is 0.264. The van der Waals surface area contributed by atoms with E-state index < -0.39 is 0 Å². The maximum atomic E-state index is 5.45. The second-order valence-electron chi connectivity index (χ2n) is 2.58. The molecule has 0 radical (unpaired) electrons. The Kier molecular flexibility index (Phi) is 2.23. The summed E-state index contributed by atoms with van der Waals surface area (Å²) in [4.78, 5) is 8.04. The number of nitrogens with one attached hydrogen (secondary N) is 1. The van der Waals surface area contributed by atoms with E-state index >= 15 is 0 Å². The summed E-state index contributed by atoms with van der Waals surface area (Å²) < 4.78 is 6.17. The van der Waals surface area contributed by atoms with Crippen LogP contribution in [0.4, 0.5) is 0 Å². The molecule has 0 aliphatic carbocycles. The van der Waals surface area contributed by atoms with Crippen LogP contribution in [0.2, 0.25) is 0 Å². The predicted octanol–water partition coefficient (Wildman–Crippen LogP) is 0.590. The second kappa shape index (κ2) is 3.37. The minimum Gasteiger partial charge on any atom is -0.471 e. The van der Waals surface area contributed by atoms with Gasteiger partial charge in [-0.05, 0) is 15.9 Å². The van der Waals surface area contributed by atoms with Crippen molar-refractivity contribution >= 4 is 15.9 Å². The summed E-state index contributed by atoms with van der Waals surface area (Å²) in [5.74, 6) is 0.588. The highest BCUT2D eigenvalue weighted by atomic mass is 79.9. The number of halogens is 1. The molecular formula is C7H8BrN3O. The Morgan fingerprint density at radius 3 is 2.75 bits per heavy atom. The summed E-state index contributed by atoms with van der Waals surface area (Å²) in [7, 11) is 0. The quantitative estimate of drug-likeness (QED) is 0.807. The van der Waals surface area contributed by atoms with Crippen molar-refractivity contribution in [1.29, 1.82) is 0 Å². The third-order valence-electron chi connectivity index (χ3n) is 1.63. The summed E-state index contributed by atoms with van der Waals surface area (Å²) in [5.41, 5.74) is 0. The smallest absolute Gasteiger partial charge is 0.232 e. The molecule has 0 spiro atoms. The first-order valence-corrected chi connectivity index (χ1v) is 4.49. The molecule has 1 aromatic heterocycles. The van der Waals surface area contributed by atoms with Crippen LogP contribution in [-0.4, -0.2) is 29.2 Å². The van der Waals surface area contributed by atoms with Gasteiger partial charge in [-0.3, -0.25) is 0 Å². The van der Waals surface area contributed by atoms with Crippen molar-refractivity contribution < 1.29 is 4.74 Å². The van der Waals surface area contributed by atoms with Crippen LogP contribution in [-0.2, 0) is 0 Å². The molecule has 1 aliphatic rings. The largest absolute Gasteiger partial charge is 0.471 e. The molecule has 0 amide bonds. The first-order valence-electron chi connectivity index (χ1n) is 3.69. The number of ether oxygens (including phenoxy) is 1. The molecule has 0 bridgehead atoms. The molecule has 64 valence electrons. The van der Waals surface area contributed by atoms with Crippen LogP contribution in [0.1, 0.15) is 0 Å². The van der Waals surface area contributed by atoms with Gasteiger partial charge in [0.05, 0.1) is 12.4 Å². The van der Waals surface area contributed by atoms with Crippen molar-refractivity contribution in [3.8, 4) is 5.88 Å². The molecule has 0 aromatic carbocycles. The SMILES string of the molecule is Brc1cnc(OC2CNC2)cn1. The number of aromatic nitrogens is 2. The molecular weight excluding hydrogens is 222 g/mol. The number of hydrogen-bond donors (Lipinski definition) is 1. The van der Waals surface area contributed by atoms with Crippen molar-refractivity contribution in [2.45, 2.75) is 6.10 Å². The lowest BCUT2D eigenvalue weighted by Crippen LogP contribution is -2.50. The molecule has 0 atom stereocenters. The molecule has 2 heterocycles. The zero-order valence-corrected chi connectivity index (χ0v) is 7.91. The summed E-state index contributed by atoms with van der Waals surface area (Å²) in [6, 6.07) is 0. The van der Waals surface area contributed by atoms with E-state index in [1.54, 1.807) is 12.4 Å². The summed E-state index contributed by atoms with van der Waals surface area (Å²) in [5, 5.41) is 3.11. The Labute approximate surface area is 78.5 Å². The lowest BCUT2D eigenvalue weighted by molar-refractivity contribution is 0.135. The van der Waals surface area contributed by atoms with Gasteiger partial charge in [-0.15, -0.1) is 0 Å². The highest BCUT2D eigenvalue weighted by molar-refractivity contribution is 9.10. The molecule has 1 saturated heterocycles. The fourth-order valence-electron chi connectivity index (χ4n) is 0.878. The zero-order chi connectivity index (χ0) is 8.39. The number of nitrogens with zero attached hydrogens (tertiary/aromatic N) is 2. The van der Waals surface area contributed by atoms with Crippen LogP contribution in [0.5, 0.6) is 5.88 Å². The molecule has 4 nitrogen and oxygen atoms in total. The van der Waals surface area contributed by atoms with Gasteiger partial charge in [-0.1, -0.05) is 0 Å². The molecule has 0 saturated carbocycles. The fourth-order valence-corrected chi connectivity index (χ4v) is 1.08.